The number of amides is 1. The Hall–Kier alpha value is -2.73. The predicted molar refractivity (Wildman–Crippen MR) is 132 cm³/mol. The highest BCUT2D eigenvalue weighted by Crippen LogP contribution is 2.37. The van der Waals surface area contributed by atoms with E-state index in [1.165, 1.54) is 43.0 Å². The summed E-state index contributed by atoms with van der Waals surface area (Å²) >= 11 is 0. The molecular weight excluding hydrogens is 428 g/mol. The second-order valence-corrected chi connectivity index (χ2v) is 10.5. The zero-order valence-electron chi connectivity index (χ0n) is 20.3. The van der Waals surface area contributed by atoms with Crippen LogP contribution in [-0.4, -0.2) is 47.3 Å². The second kappa shape index (κ2) is 9.49. The molecule has 2 fully saturated rings. The Bertz CT molecular complexity index is 1050. The molecular formula is C28H36N2O4. The number of piperidine rings is 1. The number of rotatable bonds is 4. The lowest BCUT2D eigenvalue weighted by molar-refractivity contribution is 0.0419. The lowest BCUT2D eigenvalue weighted by Crippen LogP contribution is -2.37. The van der Waals surface area contributed by atoms with Gasteiger partial charge in [0.15, 0.2) is 0 Å². The molecule has 6 nitrogen and oxygen atoms in total. The zero-order valence-corrected chi connectivity index (χ0v) is 20.3. The monoisotopic (exact) mass is 464 g/mol. The van der Waals surface area contributed by atoms with E-state index in [0.717, 1.165) is 43.7 Å². The lowest BCUT2D eigenvalue weighted by atomic mass is 9.80. The third kappa shape index (κ3) is 4.48. The number of phenolic OH excluding ortho intramolecular Hbond substituents is 2. The summed E-state index contributed by atoms with van der Waals surface area (Å²) in [6.07, 6.45) is 4.90. The molecule has 182 valence electrons. The van der Waals surface area contributed by atoms with Gasteiger partial charge in [-0.25, -0.2) is 0 Å². The molecule has 2 saturated heterocycles. The predicted octanol–water partition coefficient (Wildman–Crippen LogP) is 5.02. The Labute approximate surface area is 202 Å². The summed E-state index contributed by atoms with van der Waals surface area (Å²) in [5, 5.41) is 20.5. The fourth-order valence-electron chi connectivity index (χ4n) is 5.94. The number of fused-ring (bicyclic) bond motifs is 1. The van der Waals surface area contributed by atoms with Gasteiger partial charge in [0.2, 0.25) is 0 Å². The number of nitrogens with zero attached hydrogens (tertiary/aromatic N) is 2. The van der Waals surface area contributed by atoms with Crippen LogP contribution < -0.4 is 4.90 Å². The van der Waals surface area contributed by atoms with Crippen LogP contribution in [0.5, 0.6) is 11.5 Å². The number of aromatic hydroxyl groups is 2. The Balaban J connectivity index is 1.25. The normalized spacial score (nSPS) is 19.6. The summed E-state index contributed by atoms with van der Waals surface area (Å²) in [7, 11) is 0. The van der Waals surface area contributed by atoms with Crippen LogP contribution in [0.1, 0.15) is 72.5 Å². The third-order valence-electron chi connectivity index (χ3n) is 8.03. The molecule has 34 heavy (non-hydrogen) atoms. The topological polar surface area (TPSA) is 73.2 Å². The first kappa shape index (κ1) is 23.0. The van der Waals surface area contributed by atoms with E-state index in [0.29, 0.717) is 18.7 Å². The van der Waals surface area contributed by atoms with Gasteiger partial charge in [0, 0.05) is 51.1 Å². The number of anilines is 1. The van der Waals surface area contributed by atoms with Gasteiger partial charge in [-0.15, -0.1) is 0 Å². The highest BCUT2D eigenvalue weighted by molar-refractivity contribution is 5.97. The lowest BCUT2D eigenvalue weighted by Gasteiger charge is -2.38. The van der Waals surface area contributed by atoms with Gasteiger partial charge in [0.05, 0.1) is 5.56 Å². The molecule has 0 bridgehead atoms. The van der Waals surface area contributed by atoms with Crippen LogP contribution in [0.4, 0.5) is 5.69 Å². The largest absolute Gasteiger partial charge is 0.508 e. The molecule has 3 aliphatic heterocycles. The smallest absolute Gasteiger partial charge is 0.258 e. The van der Waals surface area contributed by atoms with Crippen LogP contribution in [0.2, 0.25) is 0 Å². The number of ether oxygens (including phenoxy) is 1. The van der Waals surface area contributed by atoms with Gasteiger partial charge in [-0.05, 0) is 78.3 Å². The standard InChI is InChI=1S/C28H36N2O4/c1-18(2)24-14-25(27(32)15-26(24)31)28(33)30-16-21-3-4-23(13-22(21)17-30)29-9-5-19(6-10-29)20-7-11-34-12-8-20/h3-4,13-15,18-20,31-32H,5-12,16-17H2,1-2H3. The average Bonchev–Trinajstić information content (AvgIpc) is 3.28. The van der Waals surface area contributed by atoms with Crippen molar-refractivity contribution in [3.63, 3.8) is 0 Å². The minimum atomic E-state index is -0.200. The van der Waals surface area contributed by atoms with Crippen LogP contribution in [0.25, 0.3) is 0 Å². The van der Waals surface area contributed by atoms with Crippen molar-refractivity contribution in [2.75, 3.05) is 31.2 Å². The molecule has 0 atom stereocenters. The van der Waals surface area contributed by atoms with E-state index in [1.807, 2.05) is 13.8 Å². The van der Waals surface area contributed by atoms with Crippen molar-refractivity contribution in [3.05, 3.63) is 52.6 Å². The second-order valence-electron chi connectivity index (χ2n) is 10.5. The van der Waals surface area contributed by atoms with Crippen LogP contribution in [0.15, 0.2) is 30.3 Å². The number of carbonyl (C=O) groups is 1. The fraction of sp³-hybridized carbons (Fsp3) is 0.536. The van der Waals surface area contributed by atoms with Gasteiger partial charge >= 0.3 is 0 Å². The van der Waals surface area contributed by atoms with Crippen LogP contribution in [0.3, 0.4) is 0 Å². The Morgan fingerprint density at radius 2 is 1.59 bits per heavy atom. The quantitative estimate of drug-likeness (QED) is 0.665. The number of hydrogen-bond acceptors (Lipinski definition) is 5. The summed E-state index contributed by atoms with van der Waals surface area (Å²) in [5.41, 5.74) is 4.51. The molecule has 0 radical (unpaired) electrons. The van der Waals surface area contributed by atoms with E-state index in [9.17, 15) is 15.0 Å². The molecule has 0 aliphatic carbocycles. The molecule has 3 heterocycles. The maximum Gasteiger partial charge on any atom is 0.258 e. The molecule has 0 saturated carbocycles. The van der Waals surface area contributed by atoms with Crippen molar-refractivity contribution >= 4 is 11.6 Å². The first-order chi connectivity index (χ1) is 16.4. The molecule has 5 rings (SSSR count). The first-order valence-corrected chi connectivity index (χ1v) is 12.7. The first-order valence-electron chi connectivity index (χ1n) is 12.7. The molecule has 2 N–H and O–H groups in total. The van der Waals surface area contributed by atoms with Gasteiger partial charge in [-0.2, -0.15) is 0 Å². The van der Waals surface area contributed by atoms with Crippen LogP contribution in [0, 0.1) is 11.8 Å². The van der Waals surface area contributed by atoms with E-state index >= 15 is 0 Å². The Morgan fingerprint density at radius 1 is 0.912 bits per heavy atom. The van der Waals surface area contributed by atoms with Crippen molar-refractivity contribution < 1.29 is 19.7 Å². The van der Waals surface area contributed by atoms with Gasteiger partial charge in [-0.3, -0.25) is 4.79 Å². The van der Waals surface area contributed by atoms with Crippen molar-refractivity contribution in [2.45, 2.75) is 58.5 Å². The molecule has 2 aromatic carbocycles. The summed E-state index contributed by atoms with van der Waals surface area (Å²) in [6, 6.07) is 9.51. The van der Waals surface area contributed by atoms with Gasteiger partial charge < -0.3 is 24.7 Å². The highest BCUT2D eigenvalue weighted by Gasteiger charge is 2.30. The molecule has 3 aliphatic rings. The van der Waals surface area contributed by atoms with Crippen molar-refractivity contribution in [1.82, 2.24) is 4.90 Å². The third-order valence-corrected chi connectivity index (χ3v) is 8.03. The highest BCUT2D eigenvalue weighted by atomic mass is 16.5. The Kier molecular flexibility index (Phi) is 6.43. The van der Waals surface area contributed by atoms with Crippen molar-refractivity contribution in [3.8, 4) is 11.5 Å². The molecule has 0 spiro atoms. The van der Waals surface area contributed by atoms with Crippen LogP contribution in [-0.2, 0) is 17.8 Å². The van der Waals surface area contributed by atoms with E-state index in [-0.39, 0.29) is 28.9 Å². The fourth-order valence-corrected chi connectivity index (χ4v) is 5.94. The summed E-state index contributed by atoms with van der Waals surface area (Å²) in [4.78, 5) is 17.5. The van der Waals surface area contributed by atoms with Gasteiger partial charge in [0.25, 0.3) is 5.91 Å². The number of hydrogen-bond donors (Lipinski definition) is 2. The van der Waals surface area contributed by atoms with Gasteiger partial charge in [0.1, 0.15) is 11.5 Å². The molecule has 0 aromatic heterocycles. The van der Waals surface area contributed by atoms with Crippen molar-refractivity contribution in [2.24, 2.45) is 11.8 Å². The number of phenols is 2. The van der Waals surface area contributed by atoms with Crippen LogP contribution >= 0.6 is 0 Å². The summed E-state index contributed by atoms with van der Waals surface area (Å²) in [5.74, 6) is 1.35. The maximum absolute atomic E-state index is 13.3. The summed E-state index contributed by atoms with van der Waals surface area (Å²) < 4.78 is 5.54. The maximum atomic E-state index is 13.3. The van der Waals surface area contributed by atoms with E-state index in [2.05, 4.69) is 23.1 Å². The summed E-state index contributed by atoms with van der Waals surface area (Å²) in [6.45, 7) is 9.01. The van der Waals surface area contributed by atoms with E-state index < -0.39 is 0 Å². The molecule has 1 amide bonds. The SMILES string of the molecule is CC(C)c1cc(C(=O)N2Cc3ccc(N4CCC(C5CCOCC5)CC4)cc3C2)c(O)cc1O. The number of benzene rings is 2. The van der Waals surface area contributed by atoms with E-state index in [4.69, 9.17) is 4.74 Å². The average molecular weight is 465 g/mol. The molecule has 2 aromatic rings. The van der Waals surface area contributed by atoms with E-state index in [1.54, 1.807) is 11.0 Å². The minimum Gasteiger partial charge on any atom is -0.508 e. The number of carbonyl (C=O) groups excluding carboxylic acids is 1. The molecule has 6 heteroatoms. The van der Waals surface area contributed by atoms with Crippen molar-refractivity contribution in [1.29, 1.82) is 0 Å². The van der Waals surface area contributed by atoms with Gasteiger partial charge in [-0.1, -0.05) is 19.9 Å². The molecule has 0 unspecified atom stereocenters. The zero-order chi connectivity index (χ0) is 23.8. The minimum absolute atomic E-state index is 0.0268. The Morgan fingerprint density at radius 3 is 2.29 bits per heavy atom.